The van der Waals surface area contributed by atoms with Crippen LogP contribution in [0.1, 0.15) is 25.3 Å². The van der Waals surface area contributed by atoms with Crippen molar-refractivity contribution in [3.8, 4) is 11.1 Å². The zero-order valence-corrected chi connectivity index (χ0v) is 15.5. The van der Waals surface area contributed by atoms with Gasteiger partial charge in [0.1, 0.15) is 0 Å². The van der Waals surface area contributed by atoms with Gasteiger partial charge in [-0.15, -0.1) is 0 Å². The van der Waals surface area contributed by atoms with E-state index in [0.717, 1.165) is 54.8 Å². The topological polar surface area (TPSA) is 59.7 Å². The summed E-state index contributed by atoms with van der Waals surface area (Å²) in [5, 5.41) is 4.48. The van der Waals surface area contributed by atoms with E-state index in [1.807, 2.05) is 48.2 Å². The number of benzene rings is 1. The summed E-state index contributed by atoms with van der Waals surface area (Å²) in [7, 11) is 0. The van der Waals surface area contributed by atoms with E-state index in [4.69, 9.17) is 4.74 Å². The van der Waals surface area contributed by atoms with Crippen LogP contribution in [0.15, 0.2) is 48.9 Å². The summed E-state index contributed by atoms with van der Waals surface area (Å²) < 4.78 is 7.03. The van der Waals surface area contributed by atoms with Crippen LogP contribution in [0.4, 0.5) is 0 Å². The van der Waals surface area contributed by atoms with E-state index >= 15 is 0 Å². The number of carbonyl (C=O) groups excluding carboxylic acids is 1. The van der Waals surface area contributed by atoms with Crippen LogP contribution >= 0.6 is 0 Å². The molecule has 1 atom stereocenters. The summed E-state index contributed by atoms with van der Waals surface area (Å²) in [6.07, 6.45) is 7.73. The molecule has 4 rings (SSSR count). The monoisotopic (exact) mass is 364 g/mol. The fraction of sp³-hybridized carbons (Fsp3) is 0.381. The third-order valence-corrected chi connectivity index (χ3v) is 5.03. The summed E-state index contributed by atoms with van der Waals surface area (Å²) in [4.78, 5) is 19.0. The Hall–Kier alpha value is -2.73. The third kappa shape index (κ3) is 3.85. The minimum absolute atomic E-state index is 0.0234. The van der Waals surface area contributed by atoms with Crippen molar-refractivity contribution in [3.63, 3.8) is 0 Å². The lowest BCUT2D eigenvalue weighted by Crippen LogP contribution is -2.39. The summed E-state index contributed by atoms with van der Waals surface area (Å²) in [5.41, 5.74) is 4.09. The molecular weight excluding hydrogens is 340 g/mol. The van der Waals surface area contributed by atoms with Crippen molar-refractivity contribution >= 4 is 11.6 Å². The van der Waals surface area contributed by atoms with Crippen LogP contribution in [0.25, 0.3) is 16.8 Å². The van der Waals surface area contributed by atoms with Crippen molar-refractivity contribution in [1.82, 2.24) is 19.5 Å². The van der Waals surface area contributed by atoms with Crippen LogP contribution in [-0.4, -0.2) is 45.2 Å². The molecule has 140 valence electrons. The van der Waals surface area contributed by atoms with Crippen LogP contribution in [0, 0.1) is 5.92 Å². The summed E-state index contributed by atoms with van der Waals surface area (Å²) in [6, 6.07) is 10.2. The number of fused-ring (bicyclic) bond motifs is 1. The highest BCUT2D eigenvalue weighted by atomic mass is 16.5. The average molecular weight is 364 g/mol. The number of nitrogens with zero attached hydrogens (tertiary/aromatic N) is 4. The van der Waals surface area contributed by atoms with E-state index in [-0.39, 0.29) is 11.9 Å². The maximum atomic E-state index is 12.0. The van der Waals surface area contributed by atoms with Crippen LogP contribution in [0.2, 0.25) is 0 Å². The lowest BCUT2D eigenvalue weighted by atomic mass is 9.98. The fourth-order valence-corrected chi connectivity index (χ4v) is 3.73. The van der Waals surface area contributed by atoms with Gasteiger partial charge >= 0.3 is 5.97 Å². The third-order valence-electron chi connectivity index (χ3n) is 5.03. The molecule has 0 N–H and O–H groups in total. The number of piperidine rings is 1. The minimum Gasteiger partial charge on any atom is -0.466 e. The first-order valence-electron chi connectivity index (χ1n) is 9.51. The molecule has 0 bridgehead atoms. The van der Waals surface area contributed by atoms with Crippen molar-refractivity contribution < 1.29 is 9.53 Å². The highest BCUT2D eigenvalue weighted by molar-refractivity contribution is 5.76. The molecule has 6 nitrogen and oxygen atoms in total. The molecule has 6 heteroatoms. The van der Waals surface area contributed by atoms with Gasteiger partial charge in [0.2, 0.25) is 0 Å². The quantitative estimate of drug-likeness (QED) is 0.651. The molecule has 0 amide bonds. The van der Waals surface area contributed by atoms with Gasteiger partial charge in [-0.05, 0) is 31.9 Å². The van der Waals surface area contributed by atoms with Crippen LogP contribution in [0.5, 0.6) is 0 Å². The minimum atomic E-state index is -0.0737. The Bertz CT molecular complexity index is 922. The van der Waals surface area contributed by atoms with Crippen molar-refractivity contribution in [3.05, 3.63) is 54.5 Å². The van der Waals surface area contributed by atoms with Gasteiger partial charge < -0.3 is 4.74 Å². The smallest absolute Gasteiger partial charge is 0.310 e. The van der Waals surface area contributed by atoms with E-state index in [0.29, 0.717) is 6.61 Å². The zero-order valence-electron chi connectivity index (χ0n) is 15.5. The number of aromatic nitrogens is 3. The van der Waals surface area contributed by atoms with E-state index in [1.54, 1.807) is 0 Å². The SMILES string of the molecule is CCOC(=O)[C@@H]1CCCN(Cc2cnc3c(-c4ccccc4)cnn3c2)C1. The van der Waals surface area contributed by atoms with E-state index in [2.05, 4.69) is 27.1 Å². The molecule has 3 aromatic rings. The Morgan fingerprint density at radius 3 is 2.93 bits per heavy atom. The Morgan fingerprint density at radius 1 is 1.26 bits per heavy atom. The maximum absolute atomic E-state index is 12.0. The second kappa shape index (κ2) is 7.88. The molecule has 2 aromatic heterocycles. The number of hydrogen-bond donors (Lipinski definition) is 0. The zero-order chi connectivity index (χ0) is 18.6. The molecule has 1 fully saturated rings. The van der Waals surface area contributed by atoms with Crippen molar-refractivity contribution in [1.29, 1.82) is 0 Å². The van der Waals surface area contributed by atoms with Gasteiger partial charge in [-0.2, -0.15) is 5.10 Å². The van der Waals surface area contributed by atoms with E-state index in [9.17, 15) is 4.79 Å². The second-order valence-electron chi connectivity index (χ2n) is 6.98. The molecule has 1 aliphatic heterocycles. The lowest BCUT2D eigenvalue weighted by molar-refractivity contribution is -0.150. The second-order valence-corrected chi connectivity index (χ2v) is 6.98. The summed E-state index contributed by atoms with van der Waals surface area (Å²) >= 11 is 0. The first-order valence-corrected chi connectivity index (χ1v) is 9.51. The predicted octanol–water partition coefficient (Wildman–Crippen LogP) is 3.17. The highest BCUT2D eigenvalue weighted by Gasteiger charge is 2.26. The molecule has 0 saturated carbocycles. The van der Waals surface area contributed by atoms with E-state index < -0.39 is 0 Å². The normalized spacial score (nSPS) is 17.9. The van der Waals surface area contributed by atoms with E-state index in [1.165, 1.54) is 0 Å². The Labute approximate surface area is 158 Å². The standard InChI is InChI=1S/C21H24N4O2/c1-2-27-21(26)18-9-6-10-24(15-18)13-16-11-22-20-19(12-23-25(20)14-16)17-7-4-3-5-8-17/h3-5,7-8,11-12,14,18H,2,6,9-10,13,15H2,1H3/t18-/m1/s1. The number of esters is 1. The number of hydrogen-bond acceptors (Lipinski definition) is 5. The molecule has 3 heterocycles. The lowest BCUT2D eigenvalue weighted by Gasteiger charge is -2.31. The molecule has 0 aliphatic carbocycles. The summed E-state index contributed by atoms with van der Waals surface area (Å²) in [5.74, 6) is -0.0971. The molecule has 0 radical (unpaired) electrons. The number of likely N-dealkylation sites (tertiary alicyclic amines) is 1. The van der Waals surface area contributed by atoms with Crippen LogP contribution in [-0.2, 0) is 16.1 Å². The number of ether oxygens (including phenoxy) is 1. The van der Waals surface area contributed by atoms with Gasteiger partial charge in [-0.3, -0.25) is 9.69 Å². The average Bonchev–Trinajstić information content (AvgIpc) is 3.12. The molecule has 1 saturated heterocycles. The maximum Gasteiger partial charge on any atom is 0.310 e. The first kappa shape index (κ1) is 17.7. The molecule has 1 aromatic carbocycles. The largest absolute Gasteiger partial charge is 0.466 e. The van der Waals surface area contributed by atoms with Crippen LogP contribution in [0.3, 0.4) is 0 Å². The Kier molecular flexibility index (Phi) is 5.16. The fourth-order valence-electron chi connectivity index (χ4n) is 3.73. The number of carbonyl (C=O) groups is 1. The number of rotatable bonds is 5. The molecule has 0 spiro atoms. The van der Waals surface area contributed by atoms with Crippen molar-refractivity contribution in [2.45, 2.75) is 26.3 Å². The molecular formula is C21H24N4O2. The van der Waals surface area contributed by atoms with Crippen LogP contribution < -0.4 is 0 Å². The van der Waals surface area contributed by atoms with Gasteiger partial charge in [0.15, 0.2) is 5.65 Å². The van der Waals surface area contributed by atoms with Gasteiger partial charge in [-0.1, -0.05) is 30.3 Å². The van der Waals surface area contributed by atoms with Gasteiger partial charge in [0, 0.05) is 36.6 Å². The molecule has 0 unspecified atom stereocenters. The van der Waals surface area contributed by atoms with Gasteiger partial charge in [0.05, 0.1) is 18.7 Å². The van der Waals surface area contributed by atoms with Crippen molar-refractivity contribution in [2.24, 2.45) is 5.92 Å². The van der Waals surface area contributed by atoms with Crippen molar-refractivity contribution in [2.75, 3.05) is 19.7 Å². The Morgan fingerprint density at radius 2 is 2.11 bits per heavy atom. The summed E-state index contributed by atoms with van der Waals surface area (Å²) in [6.45, 7) is 4.79. The van der Waals surface area contributed by atoms with Gasteiger partial charge in [0.25, 0.3) is 0 Å². The first-order chi connectivity index (χ1) is 13.2. The Balaban J connectivity index is 1.49. The predicted molar refractivity (Wildman–Crippen MR) is 103 cm³/mol. The highest BCUT2D eigenvalue weighted by Crippen LogP contribution is 2.24. The molecule has 27 heavy (non-hydrogen) atoms. The van der Waals surface area contributed by atoms with Gasteiger partial charge in [-0.25, -0.2) is 9.50 Å². The molecule has 1 aliphatic rings.